The fraction of sp³-hybridized carbons (Fsp3) is 0.565. The molecule has 2 N–H and O–H groups in total. The number of thiazole rings is 1. The summed E-state index contributed by atoms with van der Waals surface area (Å²) in [5.41, 5.74) is 1.55. The number of piperidine rings is 1. The lowest BCUT2D eigenvalue weighted by Crippen LogP contribution is -2.36. The number of hydrogen-bond acceptors (Lipinski definition) is 11. The number of morpholine rings is 1. The third-order valence-corrected chi connectivity index (χ3v) is 7.75. The van der Waals surface area contributed by atoms with Crippen LogP contribution in [0, 0.1) is 0 Å². The van der Waals surface area contributed by atoms with Gasteiger partial charge in [-0.05, 0) is 31.7 Å². The number of ether oxygens (including phenoxy) is 1. The average molecular weight is 534 g/mol. The van der Waals surface area contributed by atoms with Crippen LogP contribution in [0.5, 0.6) is 0 Å². The monoisotopic (exact) mass is 533 g/mol. The molecule has 3 aliphatic heterocycles. The van der Waals surface area contributed by atoms with Crippen LogP contribution >= 0.6 is 24.8 Å². The van der Waals surface area contributed by atoms with Crippen LogP contribution in [0.2, 0.25) is 0 Å². The molecule has 0 bridgehead atoms. The number of carbonyl (C=O) groups is 1. The quantitative estimate of drug-likeness (QED) is 0.506. The smallest absolute Gasteiger partial charge is 0.298 e. The molecule has 6 rings (SSSR count). The summed E-state index contributed by atoms with van der Waals surface area (Å²) in [6.07, 6.45) is 5.02. The lowest BCUT2D eigenvalue weighted by Gasteiger charge is -2.29. The van der Waals surface area contributed by atoms with E-state index in [1.807, 2.05) is 11.0 Å². The van der Waals surface area contributed by atoms with E-state index in [-0.39, 0.29) is 25.1 Å². The van der Waals surface area contributed by atoms with E-state index < -0.39 is 6.10 Å². The number of fused-ring (bicyclic) bond motifs is 1. The summed E-state index contributed by atoms with van der Waals surface area (Å²) < 4.78 is 11.9. The molecule has 0 spiro atoms. The highest BCUT2D eigenvalue weighted by atomic mass is 32.1. The van der Waals surface area contributed by atoms with Crippen LogP contribution < -0.4 is 20.0 Å². The topological polar surface area (TPSA) is 120 Å². The van der Waals surface area contributed by atoms with Crippen molar-refractivity contribution >= 4 is 63.7 Å². The maximum Gasteiger partial charge on any atom is 0.298 e. The number of rotatable bonds is 5. The van der Waals surface area contributed by atoms with Gasteiger partial charge >= 0.3 is 0 Å². The van der Waals surface area contributed by atoms with Crippen LogP contribution in [0.4, 0.5) is 22.7 Å². The van der Waals surface area contributed by atoms with Crippen molar-refractivity contribution in [2.75, 3.05) is 72.5 Å². The molecule has 3 saturated heterocycles. The third-order valence-electron chi connectivity index (χ3n) is 6.70. The van der Waals surface area contributed by atoms with Crippen molar-refractivity contribution in [3.63, 3.8) is 0 Å². The molecule has 3 aliphatic rings. The number of oxazole rings is 1. The molecule has 1 amide bonds. The number of aliphatic hydroxyl groups excluding tert-OH is 1. The second-order valence-electron chi connectivity index (χ2n) is 9.18. The first-order valence-corrected chi connectivity index (χ1v) is 13.0. The van der Waals surface area contributed by atoms with Gasteiger partial charge in [0.25, 0.3) is 11.9 Å². The van der Waals surface area contributed by atoms with E-state index in [9.17, 15) is 9.90 Å². The van der Waals surface area contributed by atoms with Crippen molar-refractivity contribution in [2.45, 2.75) is 31.8 Å². The summed E-state index contributed by atoms with van der Waals surface area (Å²) in [5.74, 6) is 0.396. The zero-order valence-corrected chi connectivity index (χ0v) is 21.8. The molecule has 0 saturated carbocycles. The molecule has 0 aliphatic carbocycles. The molecular formula is C23H31N7O4S2. The van der Waals surface area contributed by atoms with Crippen LogP contribution in [-0.2, 0) is 4.74 Å². The SMILES string of the molecule is O=C(Nc1cc2sc(N3CCOCC3)nc2nc1N1CCCCC1)c1coc(N2CC[C@H](O)C2)n1.S. The molecule has 3 aromatic rings. The lowest BCUT2D eigenvalue weighted by atomic mass is 10.1. The van der Waals surface area contributed by atoms with E-state index in [4.69, 9.17) is 19.1 Å². The van der Waals surface area contributed by atoms with Crippen molar-refractivity contribution in [3.8, 4) is 0 Å². The number of amides is 1. The number of β-amino-alcohol motifs (C(OH)–C–C–N with tert-alkyl or cyclic N) is 1. The van der Waals surface area contributed by atoms with E-state index in [1.54, 1.807) is 11.3 Å². The molecule has 0 unspecified atom stereocenters. The van der Waals surface area contributed by atoms with Crippen LogP contribution in [-0.4, -0.2) is 84.6 Å². The second-order valence-corrected chi connectivity index (χ2v) is 10.2. The minimum Gasteiger partial charge on any atom is -0.431 e. The molecule has 13 heteroatoms. The maximum atomic E-state index is 13.1. The summed E-state index contributed by atoms with van der Waals surface area (Å²) >= 11 is 1.58. The van der Waals surface area contributed by atoms with Crippen molar-refractivity contribution in [3.05, 3.63) is 18.0 Å². The molecule has 11 nitrogen and oxygen atoms in total. The Hall–Kier alpha value is -2.61. The molecule has 194 valence electrons. The first-order chi connectivity index (χ1) is 17.1. The lowest BCUT2D eigenvalue weighted by molar-refractivity contribution is 0.102. The first kappa shape index (κ1) is 25.1. The van der Waals surface area contributed by atoms with Gasteiger partial charge in [0.15, 0.2) is 22.3 Å². The molecule has 6 heterocycles. The summed E-state index contributed by atoms with van der Waals surface area (Å²) in [4.78, 5) is 33.5. The zero-order valence-electron chi connectivity index (χ0n) is 20.0. The number of nitrogens with zero attached hydrogens (tertiary/aromatic N) is 6. The van der Waals surface area contributed by atoms with Crippen molar-refractivity contribution < 1.29 is 19.1 Å². The summed E-state index contributed by atoms with van der Waals surface area (Å²) in [7, 11) is 0. The van der Waals surface area contributed by atoms with Gasteiger partial charge < -0.3 is 34.3 Å². The highest BCUT2D eigenvalue weighted by molar-refractivity contribution is 7.59. The minimum absolute atomic E-state index is 0. The minimum atomic E-state index is -0.397. The van der Waals surface area contributed by atoms with Gasteiger partial charge in [0.05, 0.1) is 29.7 Å². The van der Waals surface area contributed by atoms with Gasteiger partial charge in [0.2, 0.25) is 0 Å². The number of aliphatic hydroxyl groups is 1. The predicted octanol–water partition coefficient (Wildman–Crippen LogP) is 2.44. The van der Waals surface area contributed by atoms with Crippen molar-refractivity contribution in [1.29, 1.82) is 0 Å². The van der Waals surface area contributed by atoms with Crippen LogP contribution in [0.3, 0.4) is 0 Å². The summed E-state index contributed by atoms with van der Waals surface area (Å²) in [6, 6.07) is 2.33. The van der Waals surface area contributed by atoms with Gasteiger partial charge in [0.1, 0.15) is 6.26 Å². The van der Waals surface area contributed by atoms with Crippen LogP contribution in [0.15, 0.2) is 16.7 Å². The molecule has 3 fully saturated rings. The Morgan fingerprint density at radius 3 is 2.58 bits per heavy atom. The Bertz CT molecular complexity index is 1210. The second kappa shape index (κ2) is 10.8. The highest BCUT2D eigenvalue weighted by Crippen LogP contribution is 2.35. The fourth-order valence-corrected chi connectivity index (χ4v) is 5.79. The Morgan fingerprint density at radius 1 is 1.03 bits per heavy atom. The normalized spacial score (nSPS) is 20.6. The molecule has 1 atom stereocenters. The average Bonchev–Trinajstić information content (AvgIpc) is 3.64. The predicted molar refractivity (Wildman–Crippen MR) is 144 cm³/mol. The van der Waals surface area contributed by atoms with Gasteiger partial charge in [-0.15, -0.1) is 0 Å². The largest absolute Gasteiger partial charge is 0.431 e. The Labute approximate surface area is 219 Å². The van der Waals surface area contributed by atoms with E-state index in [0.717, 1.165) is 54.7 Å². The summed E-state index contributed by atoms with van der Waals surface area (Å²) in [6.45, 7) is 5.91. The van der Waals surface area contributed by atoms with E-state index in [1.165, 1.54) is 12.7 Å². The number of pyridine rings is 1. The van der Waals surface area contributed by atoms with Gasteiger partial charge in [-0.2, -0.15) is 23.5 Å². The standard InChI is InChI=1S/C23H29N7O4S.H2S/c31-15-4-7-30(13-15)22-25-17(14-34-22)21(32)24-16-12-18-19(26-20(16)28-5-2-1-3-6-28)27-23(35-18)29-8-10-33-11-9-29;/h12,14-15,31H,1-11,13H2,(H,24,32);1H2/t15-;/m0./s1. The Kier molecular flexibility index (Phi) is 7.51. The highest BCUT2D eigenvalue weighted by Gasteiger charge is 2.26. The number of aromatic nitrogens is 3. The Morgan fingerprint density at radius 2 is 1.83 bits per heavy atom. The number of hydrogen-bond donors (Lipinski definition) is 2. The van der Waals surface area contributed by atoms with Crippen LogP contribution in [0.1, 0.15) is 36.2 Å². The van der Waals surface area contributed by atoms with E-state index in [2.05, 4.69) is 20.1 Å². The number of carbonyl (C=O) groups excluding carboxylic acids is 1. The fourth-order valence-electron chi connectivity index (χ4n) is 4.79. The van der Waals surface area contributed by atoms with Crippen molar-refractivity contribution in [2.24, 2.45) is 0 Å². The van der Waals surface area contributed by atoms with Gasteiger partial charge in [0, 0.05) is 39.3 Å². The molecule has 36 heavy (non-hydrogen) atoms. The molecule has 0 radical (unpaired) electrons. The van der Waals surface area contributed by atoms with Gasteiger partial charge in [-0.25, -0.2) is 4.98 Å². The van der Waals surface area contributed by atoms with E-state index >= 15 is 0 Å². The number of anilines is 4. The molecular weight excluding hydrogens is 502 g/mol. The summed E-state index contributed by atoms with van der Waals surface area (Å²) in [5, 5.41) is 13.7. The maximum absolute atomic E-state index is 13.1. The van der Waals surface area contributed by atoms with Gasteiger partial charge in [-0.3, -0.25) is 4.79 Å². The van der Waals surface area contributed by atoms with E-state index in [0.29, 0.717) is 50.1 Å². The van der Waals surface area contributed by atoms with Gasteiger partial charge in [-0.1, -0.05) is 11.3 Å². The number of nitrogens with one attached hydrogen (secondary N) is 1. The third kappa shape index (κ3) is 5.10. The Balaban J connectivity index is 0.00000267. The van der Waals surface area contributed by atoms with Crippen molar-refractivity contribution in [1.82, 2.24) is 15.0 Å². The first-order valence-electron chi connectivity index (χ1n) is 12.2. The zero-order chi connectivity index (χ0) is 23.8. The molecule has 0 aromatic carbocycles. The molecule has 3 aromatic heterocycles. The van der Waals surface area contributed by atoms with Crippen LogP contribution in [0.25, 0.3) is 10.3 Å².